The van der Waals surface area contributed by atoms with Gasteiger partial charge in [-0.1, -0.05) is 12.2 Å². The molecule has 0 saturated carbocycles. The zero-order chi connectivity index (χ0) is 24.9. The van der Waals surface area contributed by atoms with Gasteiger partial charge in [0.25, 0.3) is 0 Å². The second-order valence-electron chi connectivity index (χ2n) is 7.23. The van der Waals surface area contributed by atoms with Crippen LogP contribution in [0.5, 0.6) is 28.7 Å². The predicted octanol–water partition coefficient (Wildman–Crippen LogP) is 4.71. The molecule has 34 heavy (non-hydrogen) atoms. The molecule has 7 nitrogen and oxygen atoms in total. The van der Waals surface area contributed by atoms with E-state index in [-0.39, 0.29) is 22.1 Å². The normalized spacial score (nSPS) is 11.4. The molecule has 0 aliphatic heterocycles. The van der Waals surface area contributed by atoms with Crippen LogP contribution >= 0.6 is 0 Å². The molecule has 0 amide bonds. The highest BCUT2D eigenvalue weighted by molar-refractivity contribution is 7.90. The summed E-state index contributed by atoms with van der Waals surface area (Å²) in [5, 5.41) is 10.3. The molecule has 0 heterocycles. The monoisotopic (exact) mass is 488 g/mol. The van der Waals surface area contributed by atoms with Crippen LogP contribution in [0.1, 0.15) is 16.7 Å². The number of aromatic hydroxyl groups is 1. The van der Waals surface area contributed by atoms with Crippen LogP contribution in [0.3, 0.4) is 0 Å². The number of rotatable bonds is 9. The highest BCUT2D eigenvalue weighted by atomic mass is 32.2. The summed E-state index contributed by atoms with van der Waals surface area (Å²) in [7, 11) is 2.09. The fourth-order valence-electron chi connectivity index (χ4n) is 3.38. The van der Waals surface area contributed by atoms with Crippen molar-refractivity contribution in [2.24, 2.45) is 0 Å². The van der Waals surface area contributed by atoms with Crippen LogP contribution in [-0.2, 0) is 15.6 Å². The van der Waals surface area contributed by atoms with Crippen molar-refractivity contribution in [3.63, 3.8) is 0 Å². The maximum absolute atomic E-state index is 13.3. The van der Waals surface area contributed by atoms with Gasteiger partial charge in [-0.3, -0.25) is 0 Å². The molecule has 0 aliphatic rings. The molecule has 0 unspecified atom stereocenters. The standard InChI is InChI=1S/C25H25FO7S/c1-30-22-14-18(15-34(28,29)20-9-7-19(26)8-10-20)17(13-21(22)27)6-5-16-11-23(31-2)25(33-4)24(12-16)32-3/h5-14,27H,15H2,1-4H3/b6-5-. The number of hydrogen-bond donors (Lipinski definition) is 1. The lowest BCUT2D eigenvalue weighted by molar-refractivity contribution is 0.324. The zero-order valence-corrected chi connectivity index (χ0v) is 20.0. The highest BCUT2D eigenvalue weighted by Crippen LogP contribution is 2.39. The van der Waals surface area contributed by atoms with E-state index in [1.54, 1.807) is 24.3 Å². The summed E-state index contributed by atoms with van der Waals surface area (Å²) in [6, 6.07) is 11.0. The van der Waals surface area contributed by atoms with E-state index in [1.165, 1.54) is 52.7 Å². The molecule has 0 aliphatic carbocycles. The molecule has 0 radical (unpaired) electrons. The molecule has 3 aromatic carbocycles. The topological polar surface area (TPSA) is 91.3 Å². The average molecular weight is 489 g/mol. The van der Waals surface area contributed by atoms with Crippen molar-refractivity contribution >= 4 is 22.0 Å². The largest absolute Gasteiger partial charge is 0.504 e. The molecule has 3 rings (SSSR count). The van der Waals surface area contributed by atoms with Gasteiger partial charge in [0.05, 0.1) is 39.1 Å². The first-order chi connectivity index (χ1) is 16.2. The van der Waals surface area contributed by atoms with Gasteiger partial charge < -0.3 is 24.1 Å². The molecule has 1 N–H and O–H groups in total. The molecule has 0 bridgehead atoms. The quantitative estimate of drug-likeness (QED) is 0.345. The maximum Gasteiger partial charge on any atom is 0.203 e. The molecule has 0 spiro atoms. The van der Waals surface area contributed by atoms with E-state index in [1.807, 2.05) is 0 Å². The van der Waals surface area contributed by atoms with Gasteiger partial charge in [0.15, 0.2) is 32.8 Å². The fraction of sp³-hybridized carbons (Fsp3) is 0.200. The van der Waals surface area contributed by atoms with Crippen molar-refractivity contribution in [1.29, 1.82) is 0 Å². The Labute approximate surface area is 197 Å². The van der Waals surface area contributed by atoms with Crippen LogP contribution in [0.25, 0.3) is 12.2 Å². The van der Waals surface area contributed by atoms with E-state index in [9.17, 15) is 17.9 Å². The summed E-state index contributed by atoms with van der Waals surface area (Å²) in [6.07, 6.45) is 3.38. The van der Waals surface area contributed by atoms with E-state index in [0.717, 1.165) is 12.1 Å². The molecule has 0 fully saturated rings. The Kier molecular flexibility index (Phi) is 7.68. The van der Waals surface area contributed by atoms with Crippen LogP contribution in [0.15, 0.2) is 53.4 Å². The minimum absolute atomic E-state index is 0.0134. The Hall–Kier alpha value is -3.72. The third-order valence-corrected chi connectivity index (χ3v) is 6.78. The van der Waals surface area contributed by atoms with E-state index in [4.69, 9.17) is 18.9 Å². The Balaban J connectivity index is 2.04. The Bertz CT molecular complexity index is 1270. The predicted molar refractivity (Wildman–Crippen MR) is 127 cm³/mol. The van der Waals surface area contributed by atoms with Crippen LogP contribution in [0, 0.1) is 5.82 Å². The van der Waals surface area contributed by atoms with Crippen LogP contribution < -0.4 is 18.9 Å². The van der Waals surface area contributed by atoms with E-state index < -0.39 is 15.7 Å². The van der Waals surface area contributed by atoms with Gasteiger partial charge >= 0.3 is 0 Å². The number of benzene rings is 3. The molecular formula is C25H25FO7S. The van der Waals surface area contributed by atoms with E-state index in [2.05, 4.69) is 0 Å². The molecule has 180 valence electrons. The second-order valence-corrected chi connectivity index (χ2v) is 9.22. The van der Waals surface area contributed by atoms with Crippen LogP contribution in [-0.4, -0.2) is 42.0 Å². The molecule has 0 aromatic heterocycles. The van der Waals surface area contributed by atoms with Gasteiger partial charge in [-0.25, -0.2) is 12.8 Å². The highest BCUT2D eigenvalue weighted by Gasteiger charge is 2.19. The molecule has 0 saturated heterocycles. The second kappa shape index (κ2) is 10.5. The van der Waals surface area contributed by atoms with Crippen LogP contribution in [0.4, 0.5) is 4.39 Å². The summed E-state index contributed by atoms with van der Waals surface area (Å²) in [5.74, 6) is 0.430. The minimum Gasteiger partial charge on any atom is -0.504 e. The summed E-state index contributed by atoms with van der Waals surface area (Å²) in [4.78, 5) is -0.0134. The lowest BCUT2D eigenvalue weighted by Crippen LogP contribution is -2.06. The summed E-state index contributed by atoms with van der Waals surface area (Å²) < 4.78 is 60.4. The number of phenolic OH excluding ortho intramolecular Hbond substituents is 1. The smallest absolute Gasteiger partial charge is 0.203 e. The summed E-state index contributed by atoms with van der Waals surface area (Å²) in [6.45, 7) is 0. The number of hydrogen-bond acceptors (Lipinski definition) is 7. The third-order valence-electron chi connectivity index (χ3n) is 5.10. The van der Waals surface area contributed by atoms with E-state index >= 15 is 0 Å². The van der Waals surface area contributed by atoms with Gasteiger partial charge in [0, 0.05) is 0 Å². The Morgan fingerprint density at radius 3 is 1.94 bits per heavy atom. The molecule has 0 atom stereocenters. The maximum atomic E-state index is 13.3. The fourth-order valence-corrected chi connectivity index (χ4v) is 4.76. The van der Waals surface area contributed by atoms with Gasteiger partial charge in [0.1, 0.15) is 5.82 Å². The first kappa shape index (κ1) is 24.9. The molecule has 9 heteroatoms. The third kappa shape index (κ3) is 5.43. The minimum atomic E-state index is -3.80. The first-order valence-corrected chi connectivity index (χ1v) is 11.7. The molecular weight excluding hydrogens is 463 g/mol. The lowest BCUT2D eigenvalue weighted by atomic mass is 10.1. The Morgan fingerprint density at radius 2 is 1.41 bits per heavy atom. The van der Waals surface area contributed by atoms with Crippen molar-refractivity contribution in [1.82, 2.24) is 0 Å². The lowest BCUT2D eigenvalue weighted by Gasteiger charge is -2.13. The number of ether oxygens (including phenoxy) is 4. The van der Waals surface area contributed by atoms with Crippen molar-refractivity contribution in [3.05, 3.63) is 71.0 Å². The summed E-state index contributed by atoms with van der Waals surface area (Å²) >= 11 is 0. The van der Waals surface area contributed by atoms with Crippen LogP contribution in [0.2, 0.25) is 0 Å². The van der Waals surface area contributed by atoms with Gasteiger partial charge in [-0.15, -0.1) is 0 Å². The van der Waals surface area contributed by atoms with Crippen molar-refractivity contribution in [3.8, 4) is 28.7 Å². The van der Waals surface area contributed by atoms with Crippen molar-refractivity contribution in [2.75, 3.05) is 28.4 Å². The number of methoxy groups -OCH3 is 4. The SMILES string of the molecule is COc1cc(CS(=O)(=O)c2ccc(F)cc2)c(/C=C\c2cc(OC)c(OC)c(OC)c2)cc1O. The van der Waals surface area contributed by atoms with Gasteiger partial charge in [-0.05, 0) is 65.2 Å². The number of halogens is 1. The van der Waals surface area contributed by atoms with Gasteiger partial charge in [0.2, 0.25) is 5.75 Å². The first-order valence-electron chi connectivity index (χ1n) is 10.1. The summed E-state index contributed by atoms with van der Waals surface area (Å²) in [5.41, 5.74) is 1.54. The number of phenols is 1. The van der Waals surface area contributed by atoms with Crippen molar-refractivity contribution < 1.29 is 36.9 Å². The van der Waals surface area contributed by atoms with Gasteiger partial charge in [-0.2, -0.15) is 0 Å². The molecule has 3 aromatic rings. The number of sulfone groups is 1. The Morgan fingerprint density at radius 1 is 0.824 bits per heavy atom. The zero-order valence-electron chi connectivity index (χ0n) is 19.2. The van der Waals surface area contributed by atoms with Crippen molar-refractivity contribution in [2.45, 2.75) is 10.6 Å². The van der Waals surface area contributed by atoms with E-state index in [0.29, 0.717) is 33.9 Å². The average Bonchev–Trinajstić information content (AvgIpc) is 2.83.